The molecule has 1 atom stereocenters. The van der Waals surface area contributed by atoms with Crippen LogP contribution in [0.5, 0.6) is 0 Å². The highest BCUT2D eigenvalue weighted by molar-refractivity contribution is 8.18. The van der Waals surface area contributed by atoms with E-state index in [1.54, 1.807) is 29.8 Å². The zero-order valence-electron chi connectivity index (χ0n) is 9.26. The fraction of sp³-hybridized carbons (Fsp3) is 0.500. The van der Waals surface area contributed by atoms with Gasteiger partial charge in [-0.15, -0.1) is 23.5 Å². The fourth-order valence-corrected chi connectivity index (χ4v) is 5.01. The molecule has 1 N–H and O–H groups in total. The van der Waals surface area contributed by atoms with Crippen LogP contribution < -0.4 is 0 Å². The van der Waals surface area contributed by atoms with E-state index >= 15 is 0 Å². The smallest absolute Gasteiger partial charge is 0.148 e. The van der Waals surface area contributed by atoms with Crippen LogP contribution >= 0.6 is 23.5 Å². The fourth-order valence-electron chi connectivity index (χ4n) is 1.79. The first-order valence-electron chi connectivity index (χ1n) is 5.42. The van der Waals surface area contributed by atoms with Crippen LogP contribution in [0.15, 0.2) is 35.0 Å². The third kappa shape index (κ3) is 2.19. The number of rotatable bonds is 3. The molecule has 1 aromatic heterocycles. The van der Waals surface area contributed by atoms with Crippen molar-refractivity contribution in [2.75, 3.05) is 11.5 Å². The van der Waals surface area contributed by atoms with Crippen molar-refractivity contribution in [3.05, 3.63) is 36.3 Å². The largest absolute Gasteiger partial charge is 0.467 e. The van der Waals surface area contributed by atoms with E-state index in [0.29, 0.717) is 0 Å². The number of thioether (sulfide) groups is 2. The molecule has 1 aromatic rings. The van der Waals surface area contributed by atoms with Crippen LogP contribution in [0.25, 0.3) is 0 Å². The highest BCUT2D eigenvalue weighted by Crippen LogP contribution is 2.53. The Morgan fingerprint density at radius 2 is 2.25 bits per heavy atom. The summed E-state index contributed by atoms with van der Waals surface area (Å²) in [7, 11) is 0. The molecule has 1 aliphatic rings. The molecule has 2 rings (SSSR count). The van der Waals surface area contributed by atoms with Gasteiger partial charge >= 0.3 is 0 Å². The van der Waals surface area contributed by atoms with Gasteiger partial charge in [-0.25, -0.2) is 0 Å². The second-order valence-electron chi connectivity index (χ2n) is 3.67. The minimum atomic E-state index is -0.501. The van der Waals surface area contributed by atoms with Crippen molar-refractivity contribution >= 4 is 23.5 Å². The zero-order chi connectivity index (χ0) is 11.4. The summed E-state index contributed by atoms with van der Waals surface area (Å²) in [5.74, 6) is 3.01. The standard InChI is InChI=1S/C12H16O2S2/c1-2-5-10(13)12(11-6-3-7-14-11)15-8-4-9-16-12/h2-3,5-7,10,13H,4,8-9H2,1H3/b5-2+. The van der Waals surface area contributed by atoms with Crippen LogP contribution in [-0.2, 0) is 4.08 Å². The Balaban J connectivity index is 2.31. The van der Waals surface area contributed by atoms with Gasteiger partial charge in [-0.1, -0.05) is 12.2 Å². The monoisotopic (exact) mass is 256 g/mol. The first-order valence-corrected chi connectivity index (χ1v) is 7.39. The Hall–Kier alpha value is -0.320. The maximum atomic E-state index is 10.3. The summed E-state index contributed by atoms with van der Waals surface area (Å²) < 4.78 is 5.16. The Morgan fingerprint density at radius 1 is 1.50 bits per heavy atom. The van der Waals surface area contributed by atoms with Gasteiger partial charge in [-0.05, 0) is 37.0 Å². The van der Waals surface area contributed by atoms with Crippen molar-refractivity contribution in [1.29, 1.82) is 0 Å². The molecule has 0 saturated carbocycles. The molecule has 0 bridgehead atoms. The summed E-state index contributed by atoms with van der Waals surface area (Å²) in [4.78, 5) is 0. The van der Waals surface area contributed by atoms with Crippen LogP contribution in [0.3, 0.4) is 0 Å². The maximum Gasteiger partial charge on any atom is 0.148 e. The molecule has 4 heteroatoms. The van der Waals surface area contributed by atoms with Crippen molar-refractivity contribution in [2.24, 2.45) is 0 Å². The van der Waals surface area contributed by atoms with Crippen LogP contribution in [0.1, 0.15) is 19.1 Å². The molecule has 16 heavy (non-hydrogen) atoms. The van der Waals surface area contributed by atoms with Crippen molar-refractivity contribution in [3.8, 4) is 0 Å². The van der Waals surface area contributed by atoms with Gasteiger partial charge in [0.05, 0.1) is 6.26 Å². The molecule has 2 nitrogen and oxygen atoms in total. The summed E-state index contributed by atoms with van der Waals surface area (Å²) in [6.07, 6.45) is 6.10. The van der Waals surface area contributed by atoms with Gasteiger partial charge < -0.3 is 9.52 Å². The number of hydrogen-bond donors (Lipinski definition) is 1. The minimum absolute atomic E-state index is 0.353. The molecular weight excluding hydrogens is 240 g/mol. The molecule has 0 radical (unpaired) electrons. The molecule has 88 valence electrons. The third-order valence-electron chi connectivity index (χ3n) is 2.55. The van der Waals surface area contributed by atoms with E-state index in [-0.39, 0.29) is 4.08 Å². The number of allylic oxidation sites excluding steroid dienone is 1. The average molecular weight is 256 g/mol. The van der Waals surface area contributed by atoms with E-state index in [9.17, 15) is 5.11 Å². The lowest BCUT2D eigenvalue weighted by Crippen LogP contribution is -2.34. The van der Waals surface area contributed by atoms with E-state index in [4.69, 9.17) is 4.42 Å². The summed E-state index contributed by atoms with van der Waals surface area (Å²) >= 11 is 3.57. The van der Waals surface area contributed by atoms with E-state index in [1.165, 1.54) is 6.42 Å². The van der Waals surface area contributed by atoms with Gasteiger partial charge in [-0.3, -0.25) is 0 Å². The Kier molecular flexibility index (Phi) is 4.05. The number of aliphatic hydroxyl groups is 1. The Morgan fingerprint density at radius 3 is 2.81 bits per heavy atom. The normalized spacial score (nSPS) is 22.4. The first kappa shape index (κ1) is 12.1. The molecule has 0 aliphatic carbocycles. The quantitative estimate of drug-likeness (QED) is 0.842. The van der Waals surface area contributed by atoms with Gasteiger partial charge in [0.25, 0.3) is 0 Å². The van der Waals surface area contributed by atoms with Gasteiger partial charge in [0, 0.05) is 0 Å². The van der Waals surface area contributed by atoms with Crippen molar-refractivity contribution in [1.82, 2.24) is 0 Å². The van der Waals surface area contributed by atoms with Gasteiger partial charge in [-0.2, -0.15) is 0 Å². The predicted octanol–water partition coefficient (Wildman–Crippen LogP) is 3.24. The van der Waals surface area contributed by atoms with Crippen molar-refractivity contribution in [2.45, 2.75) is 23.5 Å². The lowest BCUT2D eigenvalue weighted by atomic mass is 10.2. The number of aliphatic hydroxyl groups excluding tert-OH is 1. The highest BCUT2D eigenvalue weighted by Gasteiger charge is 2.43. The molecule has 2 heterocycles. The molecule has 1 unspecified atom stereocenters. The second kappa shape index (κ2) is 5.34. The molecule has 0 amide bonds. The van der Waals surface area contributed by atoms with E-state index in [1.807, 2.05) is 31.2 Å². The van der Waals surface area contributed by atoms with Crippen LogP contribution in [0.2, 0.25) is 0 Å². The average Bonchev–Trinajstić information content (AvgIpc) is 2.84. The SMILES string of the molecule is C/C=C/C(O)C1(c2ccco2)SCCCS1. The summed E-state index contributed by atoms with van der Waals surface area (Å²) in [6.45, 7) is 1.93. The molecular formula is C12H16O2S2. The van der Waals surface area contributed by atoms with Crippen LogP contribution in [0.4, 0.5) is 0 Å². The summed E-state index contributed by atoms with van der Waals surface area (Å²) in [5.41, 5.74) is 0. The third-order valence-corrected chi connectivity index (χ3v) is 5.99. The molecule has 0 aromatic carbocycles. The Labute approximate surface area is 104 Å². The Bertz CT molecular complexity index is 340. The van der Waals surface area contributed by atoms with E-state index in [2.05, 4.69) is 0 Å². The first-order chi connectivity index (χ1) is 7.79. The topological polar surface area (TPSA) is 33.4 Å². The van der Waals surface area contributed by atoms with E-state index in [0.717, 1.165) is 17.3 Å². The molecule has 1 saturated heterocycles. The van der Waals surface area contributed by atoms with Crippen LogP contribution in [0, 0.1) is 0 Å². The lowest BCUT2D eigenvalue weighted by molar-refractivity contribution is 0.198. The second-order valence-corrected chi connectivity index (χ2v) is 6.61. The van der Waals surface area contributed by atoms with Gasteiger partial charge in [0.2, 0.25) is 0 Å². The highest BCUT2D eigenvalue weighted by atomic mass is 32.2. The number of furan rings is 1. The van der Waals surface area contributed by atoms with Gasteiger partial charge in [0.1, 0.15) is 15.9 Å². The van der Waals surface area contributed by atoms with Crippen molar-refractivity contribution < 1.29 is 9.52 Å². The zero-order valence-corrected chi connectivity index (χ0v) is 10.9. The predicted molar refractivity (Wildman–Crippen MR) is 70.7 cm³/mol. The molecule has 1 fully saturated rings. The van der Waals surface area contributed by atoms with Gasteiger partial charge in [0.15, 0.2) is 0 Å². The molecule has 0 spiro atoms. The van der Waals surface area contributed by atoms with Crippen molar-refractivity contribution in [3.63, 3.8) is 0 Å². The summed E-state index contributed by atoms with van der Waals surface area (Å²) in [5, 5.41) is 10.3. The lowest BCUT2D eigenvalue weighted by Gasteiger charge is -2.36. The minimum Gasteiger partial charge on any atom is -0.467 e. The van der Waals surface area contributed by atoms with E-state index < -0.39 is 6.10 Å². The summed E-state index contributed by atoms with van der Waals surface area (Å²) in [6, 6.07) is 3.84. The number of hydrogen-bond acceptors (Lipinski definition) is 4. The maximum absolute atomic E-state index is 10.3. The molecule has 1 aliphatic heterocycles. The van der Waals surface area contributed by atoms with Crippen LogP contribution in [-0.4, -0.2) is 22.7 Å².